The van der Waals surface area contributed by atoms with Crippen LogP contribution in [0.1, 0.15) is 36.5 Å². The van der Waals surface area contributed by atoms with Gasteiger partial charge < -0.3 is 10.6 Å². The summed E-state index contributed by atoms with van der Waals surface area (Å²) in [7, 11) is 0. The number of amides is 2. The summed E-state index contributed by atoms with van der Waals surface area (Å²) >= 11 is 0. The van der Waals surface area contributed by atoms with Gasteiger partial charge in [-0.1, -0.05) is 43.3 Å². The number of hydrogen-bond acceptors (Lipinski definition) is 2. The maximum atomic E-state index is 13.7. The molecule has 0 saturated heterocycles. The van der Waals surface area contributed by atoms with Crippen LogP contribution in [0.3, 0.4) is 0 Å². The summed E-state index contributed by atoms with van der Waals surface area (Å²) in [6, 6.07) is 12.2. The fraction of sp³-hybridized carbons (Fsp3) is 0.333. The van der Waals surface area contributed by atoms with Crippen LogP contribution in [0, 0.1) is 18.2 Å². The Morgan fingerprint density at radius 1 is 1.04 bits per heavy atom. The maximum Gasteiger partial charge on any atom is 0.240 e. The van der Waals surface area contributed by atoms with Crippen molar-refractivity contribution in [2.24, 2.45) is 5.41 Å². The van der Waals surface area contributed by atoms with Gasteiger partial charge in [-0.05, 0) is 43.4 Å². The molecule has 5 heteroatoms. The van der Waals surface area contributed by atoms with Gasteiger partial charge in [0, 0.05) is 17.8 Å². The zero-order valence-electron chi connectivity index (χ0n) is 15.1. The summed E-state index contributed by atoms with van der Waals surface area (Å²) in [4.78, 5) is 25.4. The highest BCUT2D eigenvalue weighted by Crippen LogP contribution is 2.47. The smallest absolute Gasteiger partial charge is 0.240 e. The molecule has 2 aromatic carbocycles. The molecule has 2 N–H and O–H groups in total. The summed E-state index contributed by atoms with van der Waals surface area (Å²) in [6.45, 7) is 4.04. The largest absolute Gasteiger partial charge is 0.351 e. The molecule has 0 aliphatic heterocycles. The second-order valence-corrected chi connectivity index (χ2v) is 6.77. The molecule has 2 amide bonds. The average molecular weight is 354 g/mol. The van der Waals surface area contributed by atoms with Gasteiger partial charge >= 0.3 is 0 Å². The van der Waals surface area contributed by atoms with Crippen LogP contribution in [0.15, 0.2) is 42.5 Å². The molecule has 0 bridgehead atoms. The van der Waals surface area contributed by atoms with Crippen LogP contribution in [0.5, 0.6) is 0 Å². The average Bonchev–Trinajstić information content (AvgIpc) is 3.44. The number of carbonyl (C=O) groups is 2. The summed E-state index contributed by atoms with van der Waals surface area (Å²) in [5.41, 5.74) is 2.16. The van der Waals surface area contributed by atoms with E-state index in [1.807, 2.05) is 32.0 Å². The first-order valence-corrected chi connectivity index (χ1v) is 8.89. The second kappa shape index (κ2) is 7.28. The summed E-state index contributed by atoms with van der Waals surface area (Å²) in [5, 5.41) is 5.66. The molecule has 0 aromatic heterocycles. The predicted octanol–water partition coefficient (Wildman–Crippen LogP) is 3.73. The van der Waals surface area contributed by atoms with Gasteiger partial charge in [0.25, 0.3) is 0 Å². The Bertz CT molecular complexity index is 844. The number of carbonyl (C=O) groups excluding carboxylic acids is 2. The van der Waals surface area contributed by atoms with Gasteiger partial charge in [-0.25, -0.2) is 4.39 Å². The number of hydrogen-bond donors (Lipinski definition) is 2. The second-order valence-electron chi connectivity index (χ2n) is 6.77. The van der Waals surface area contributed by atoms with Gasteiger partial charge in [0.15, 0.2) is 0 Å². The molecule has 0 atom stereocenters. The standard InChI is InChI=1S/C21H23FN2O2/c1-3-15-9-6-7-14(2)18(15)24-20(26)21(11-12-21)19(25)23-13-16-8-4-5-10-17(16)22/h4-10H,3,11-13H2,1-2H3,(H,23,25)(H,24,26). The van der Waals surface area contributed by atoms with E-state index in [9.17, 15) is 14.0 Å². The highest BCUT2D eigenvalue weighted by atomic mass is 19.1. The van der Waals surface area contributed by atoms with Gasteiger partial charge in [0.2, 0.25) is 11.8 Å². The molecule has 0 heterocycles. The number of halogens is 1. The van der Waals surface area contributed by atoms with Crippen LogP contribution in [-0.4, -0.2) is 11.8 Å². The normalized spacial score (nSPS) is 14.6. The first-order valence-electron chi connectivity index (χ1n) is 8.89. The van der Waals surface area contributed by atoms with Crippen molar-refractivity contribution >= 4 is 17.5 Å². The fourth-order valence-electron chi connectivity index (χ4n) is 3.10. The van der Waals surface area contributed by atoms with Gasteiger partial charge in [0.1, 0.15) is 11.2 Å². The molecule has 0 unspecified atom stereocenters. The highest BCUT2D eigenvalue weighted by molar-refractivity contribution is 6.13. The molecule has 1 saturated carbocycles. The van der Waals surface area contributed by atoms with E-state index in [2.05, 4.69) is 10.6 Å². The van der Waals surface area contributed by atoms with Crippen molar-refractivity contribution in [3.05, 3.63) is 65.0 Å². The lowest BCUT2D eigenvalue weighted by molar-refractivity contribution is -0.134. The van der Waals surface area contributed by atoms with E-state index in [-0.39, 0.29) is 24.2 Å². The van der Waals surface area contributed by atoms with Crippen LogP contribution >= 0.6 is 0 Å². The van der Waals surface area contributed by atoms with E-state index in [4.69, 9.17) is 0 Å². The van der Waals surface area contributed by atoms with E-state index in [1.54, 1.807) is 18.2 Å². The van der Waals surface area contributed by atoms with Crippen molar-refractivity contribution in [1.82, 2.24) is 5.32 Å². The quantitative estimate of drug-likeness (QED) is 0.777. The fourth-order valence-corrected chi connectivity index (χ4v) is 3.10. The van der Waals surface area contributed by atoms with Crippen LogP contribution < -0.4 is 10.6 Å². The molecular formula is C21H23FN2O2. The molecule has 1 aliphatic carbocycles. The van der Waals surface area contributed by atoms with Crippen LogP contribution in [0.25, 0.3) is 0 Å². The summed E-state index contributed by atoms with van der Waals surface area (Å²) in [6.07, 6.45) is 1.81. The van der Waals surface area contributed by atoms with Crippen molar-refractivity contribution in [3.8, 4) is 0 Å². The Balaban J connectivity index is 1.69. The Morgan fingerprint density at radius 3 is 2.38 bits per heavy atom. The molecule has 26 heavy (non-hydrogen) atoms. The molecule has 3 rings (SSSR count). The SMILES string of the molecule is CCc1cccc(C)c1NC(=O)C1(C(=O)NCc2ccccc2F)CC1. The third-order valence-electron chi connectivity index (χ3n) is 5.00. The molecular weight excluding hydrogens is 331 g/mol. The first-order chi connectivity index (χ1) is 12.5. The molecule has 0 radical (unpaired) electrons. The van der Waals surface area contributed by atoms with Gasteiger partial charge in [-0.3, -0.25) is 9.59 Å². The number of anilines is 1. The molecule has 1 fully saturated rings. The van der Waals surface area contributed by atoms with Crippen molar-refractivity contribution in [2.45, 2.75) is 39.7 Å². The number of para-hydroxylation sites is 1. The monoisotopic (exact) mass is 354 g/mol. The first kappa shape index (κ1) is 18.1. The lowest BCUT2D eigenvalue weighted by atomic mass is 10.0. The van der Waals surface area contributed by atoms with Crippen LogP contribution in [0.4, 0.5) is 10.1 Å². The van der Waals surface area contributed by atoms with Crippen molar-refractivity contribution in [1.29, 1.82) is 0 Å². The molecule has 136 valence electrons. The van der Waals surface area contributed by atoms with Crippen molar-refractivity contribution in [3.63, 3.8) is 0 Å². The summed E-state index contributed by atoms with van der Waals surface area (Å²) in [5.74, 6) is -0.994. The summed E-state index contributed by atoms with van der Waals surface area (Å²) < 4.78 is 13.7. The molecule has 4 nitrogen and oxygen atoms in total. The Morgan fingerprint density at radius 2 is 1.73 bits per heavy atom. The topological polar surface area (TPSA) is 58.2 Å². The Labute approximate surface area is 152 Å². The van der Waals surface area contributed by atoms with E-state index >= 15 is 0 Å². The Kier molecular flexibility index (Phi) is 5.07. The zero-order valence-corrected chi connectivity index (χ0v) is 15.1. The minimum Gasteiger partial charge on any atom is -0.351 e. The van der Waals surface area contributed by atoms with E-state index in [0.29, 0.717) is 18.4 Å². The van der Waals surface area contributed by atoms with Crippen molar-refractivity contribution in [2.75, 3.05) is 5.32 Å². The Hall–Kier alpha value is -2.69. The van der Waals surface area contributed by atoms with Gasteiger partial charge in [-0.2, -0.15) is 0 Å². The number of nitrogens with one attached hydrogen (secondary N) is 2. The molecule has 0 spiro atoms. The van der Waals surface area contributed by atoms with Crippen molar-refractivity contribution < 1.29 is 14.0 Å². The van der Waals surface area contributed by atoms with Gasteiger partial charge in [-0.15, -0.1) is 0 Å². The minimum atomic E-state index is -1.04. The van der Waals surface area contributed by atoms with E-state index < -0.39 is 5.41 Å². The lowest BCUT2D eigenvalue weighted by Gasteiger charge is -2.18. The van der Waals surface area contributed by atoms with Crippen LogP contribution in [0.2, 0.25) is 0 Å². The molecule has 2 aromatic rings. The third-order valence-corrected chi connectivity index (χ3v) is 5.00. The van der Waals surface area contributed by atoms with E-state index in [1.165, 1.54) is 6.07 Å². The number of benzene rings is 2. The van der Waals surface area contributed by atoms with Gasteiger partial charge in [0.05, 0.1) is 0 Å². The predicted molar refractivity (Wildman–Crippen MR) is 99.1 cm³/mol. The number of rotatable bonds is 6. The highest BCUT2D eigenvalue weighted by Gasteiger charge is 2.56. The minimum absolute atomic E-state index is 0.0745. The lowest BCUT2D eigenvalue weighted by Crippen LogP contribution is -2.40. The van der Waals surface area contributed by atoms with E-state index in [0.717, 1.165) is 23.2 Å². The maximum absolute atomic E-state index is 13.7. The zero-order chi connectivity index (χ0) is 18.7. The third kappa shape index (κ3) is 3.47. The number of aryl methyl sites for hydroxylation is 2. The molecule has 1 aliphatic rings. The van der Waals surface area contributed by atoms with Crippen LogP contribution in [-0.2, 0) is 22.6 Å².